The molecule has 4 heteroatoms. The molecule has 0 spiro atoms. The van der Waals surface area contributed by atoms with Gasteiger partial charge in [-0.25, -0.2) is 0 Å². The van der Waals surface area contributed by atoms with E-state index in [2.05, 4.69) is 5.32 Å². The summed E-state index contributed by atoms with van der Waals surface area (Å²) in [6.07, 6.45) is 0.208. The number of aryl methyl sites for hydroxylation is 2. The third-order valence-electron chi connectivity index (χ3n) is 2.25. The quantitative estimate of drug-likeness (QED) is 0.807. The number of hydrogen-bond donors (Lipinski definition) is 2. The highest BCUT2D eigenvalue weighted by molar-refractivity contribution is 5.93. The molecule has 0 bridgehead atoms. The van der Waals surface area contributed by atoms with Crippen molar-refractivity contribution in [2.75, 3.05) is 5.32 Å². The number of amides is 2. The van der Waals surface area contributed by atoms with Crippen LogP contribution in [0.3, 0.4) is 0 Å². The first kappa shape index (κ1) is 12.2. The molecule has 2 amide bonds. The van der Waals surface area contributed by atoms with Gasteiger partial charge in [-0.05, 0) is 25.5 Å². The minimum Gasteiger partial charge on any atom is -0.370 e. The number of rotatable bonds is 4. The number of primary amides is 1. The fourth-order valence-electron chi connectivity index (χ4n) is 1.40. The second-order valence-corrected chi connectivity index (χ2v) is 3.83. The van der Waals surface area contributed by atoms with Crippen LogP contribution in [-0.4, -0.2) is 11.8 Å². The molecule has 86 valence electrons. The molecule has 1 aromatic carbocycles. The Morgan fingerprint density at radius 2 is 1.94 bits per heavy atom. The maximum Gasteiger partial charge on any atom is 0.224 e. The van der Waals surface area contributed by atoms with Gasteiger partial charge in [-0.3, -0.25) is 9.59 Å². The molecule has 0 aliphatic rings. The van der Waals surface area contributed by atoms with Crippen molar-refractivity contribution < 1.29 is 9.59 Å². The molecule has 3 N–H and O–H groups in total. The molecular weight excluding hydrogens is 204 g/mol. The zero-order valence-corrected chi connectivity index (χ0v) is 9.54. The van der Waals surface area contributed by atoms with Gasteiger partial charge in [0.15, 0.2) is 0 Å². The van der Waals surface area contributed by atoms with Gasteiger partial charge in [0.05, 0.1) is 0 Å². The van der Waals surface area contributed by atoms with Gasteiger partial charge in [-0.2, -0.15) is 0 Å². The smallest absolute Gasteiger partial charge is 0.224 e. The van der Waals surface area contributed by atoms with Gasteiger partial charge in [-0.1, -0.05) is 17.7 Å². The lowest BCUT2D eigenvalue weighted by atomic mass is 10.1. The van der Waals surface area contributed by atoms with Crippen LogP contribution in [0.4, 0.5) is 5.69 Å². The number of anilines is 1. The van der Waals surface area contributed by atoms with Crippen LogP contribution in [0.1, 0.15) is 24.0 Å². The summed E-state index contributed by atoms with van der Waals surface area (Å²) in [7, 11) is 0. The predicted octanol–water partition coefficient (Wildman–Crippen LogP) is 1.51. The molecule has 1 aromatic rings. The summed E-state index contributed by atoms with van der Waals surface area (Å²) < 4.78 is 0. The second-order valence-electron chi connectivity index (χ2n) is 3.83. The predicted molar refractivity (Wildman–Crippen MR) is 63.0 cm³/mol. The van der Waals surface area contributed by atoms with Crippen LogP contribution in [0.5, 0.6) is 0 Å². The van der Waals surface area contributed by atoms with E-state index in [0.29, 0.717) is 0 Å². The van der Waals surface area contributed by atoms with Crippen molar-refractivity contribution in [1.82, 2.24) is 0 Å². The van der Waals surface area contributed by atoms with Crippen molar-refractivity contribution in [3.05, 3.63) is 29.3 Å². The van der Waals surface area contributed by atoms with E-state index in [-0.39, 0.29) is 18.7 Å². The minimum absolute atomic E-state index is 0.0801. The third kappa shape index (κ3) is 3.73. The van der Waals surface area contributed by atoms with Gasteiger partial charge in [0.25, 0.3) is 0 Å². The highest BCUT2D eigenvalue weighted by Crippen LogP contribution is 2.16. The second kappa shape index (κ2) is 5.30. The van der Waals surface area contributed by atoms with Crippen LogP contribution in [0.2, 0.25) is 0 Å². The highest BCUT2D eigenvalue weighted by Gasteiger charge is 2.06. The number of carbonyl (C=O) groups is 2. The van der Waals surface area contributed by atoms with Crippen LogP contribution in [-0.2, 0) is 9.59 Å². The maximum atomic E-state index is 11.4. The van der Waals surface area contributed by atoms with Gasteiger partial charge in [0, 0.05) is 18.5 Å². The summed E-state index contributed by atoms with van der Waals surface area (Å²) in [4.78, 5) is 21.9. The van der Waals surface area contributed by atoms with Crippen molar-refractivity contribution in [1.29, 1.82) is 0 Å². The normalized spacial score (nSPS) is 9.88. The summed E-state index contributed by atoms with van der Waals surface area (Å²) in [5.41, 5.74) is 7.90. The fourth-order valence-corrected chi connectivity index (χ4v) is 1.40. The van der Waals surface area contributed by atoms with Gasteiger partial charge < -0.3 is 11.1 Å². The SMILES string of the molecule is Cc1ccc(NC(=O)CCC(N)=O)c(C)c1. The molecule has 0 aromatic heterocycles. The Kier molecular flexibility index (Phi) is 4.05. The summed E-state index contributed by atoms with van der Waals surface area (Å²) in [5.74, 6) is -0.651. The molecule has 0 fully saturated rings. The van der Waals surface area contributed by atoms with Gasteiger partial charge in [-0.15, -0.1) is 0 Å². The third-order valence-corrected chi connectivity index (χ3v) is 2.25. The van der Waals surface area contributed by atoms with E-state index in [1.807, 2.05) is 32.0 Å². The lowest BCUT2D eigenvalue weighted by Crippen LogP contribution is -2.17. The van der Waals surface area contributed by atoms with Gasteiger partial charge in [0.1, 0.15) is 0 Å². The van der Waals surface area contributed by atoms with Crippen molar-refractivity contribution in [3.8, 4) is 0 Å². The summed E-state index contributed by atoms with van der Waals surface area (Å²) in [6, 6.07) is 5.77. The molecule has 4 nitrogen and oxygen atoms in total. The summed E-state index contributed by atoms with van der Waals surface area (Å²) in [5, 5.41) is 2.75. The monoisotopic (exact) mass is 220 g/mol. The Morgan fingerprint density at radius 3 is 2.50 bits per heavy atom. The topological polar surface area (TPSA) is 72.2 Å². The first-order chi connectivity index (χ1) is 7.49. The first-order valence-corrected chi connectivity index (χ1v) is 5.14. The van der Waals surface area contributed by atoms with Crippen LogP contribution >= 0.6 is 0 Å². The lowest BCUT2D eigenvalue weighted by Gasteiger charge is -2.08. The van der Waals surface area contributed by atoms with E-state index in [9.17, 15) is 9.59 Å². The van der Waals surface area contributed by atoms with E-state index >= 15 is 0 Å². The minimum atomic E-state index is -0.462. The molecule has 0 unspecified atom stereocenters. The Bertz CT molecular complexity index is 413. The fraction of sp³-hybridized carbons (Fsp3) is 0.333. The summed E-state index contributed by atoms with van der Waals surface area (Å²) >= 11 is 0. The van der Waals surface area contributed by atoms with Gasteiger partial charge >= 0.3 is 0 Å². The van der Waals surface area contributed by atoms with Crippen molar-refractivity contribution >= 4 is 17.5 Å². The van der Waals surface area contributed by atoms with Crippen molar-refractivity contribution in [3.63, 3.8) is 0 Å². The zero-order chi connectivity index (χ0) is 12.1. The van der Waals surface area contributed by atoms with E-state index < -0.39 is 5.91 Å². The molecule has 0 radical (unpaired) electrons. The van der Waals surface area contributed by atoms with Crippen LogP contribution in [0, 0.1) is 13.8 Å². The maximum absolute atomic E-state index is 11.4. The van der Waals surface area contributed by atoms with E-state index in [0.717, 1.165) is 16.8 Å². The number of nitrogens with one attached hydrogen (secondary N) is 1. The Labute approximate surface area is 94.8 Å². The molecule has 0 aliphatic carbocycles. The van der Waals surface area contributed by atoms with Gasteiger partial charge in [0.2, 0.25) is 11.8 Å². The Hall–Kier alpha value is -1.84. The van der Waals surface area contributed by atoms with Crippen LogP contribution < -0.4 is 11.1 Å². The van der Waals surface area contributed by atoms with E-state index in [1.54, 1.807) is 0 Å². The molecule has 0 saturated heterocycles. The molecule has 1 rings (SSSR count). The van der Waals surface area contributed by atoms with E-state index in [4.69, 9.17) is 5.73 Å². The number of benzene rings is 1. The first-order valence-electron chi connectivity index (χ1n) is 5.14. The number of carbonyl (C=O) groups excluding carboxylic acids is 2. The van der Waals surface area contributed by atoms with Crippen LogP contribution in [0.25, 0.3) is 0 Å². The largest absolute Gasteiger partial charge is 0.370 e. The Balaban J connectivity index is 2.59. The summed E-state index contributed by atoms with van der Waals surface area (Å²) in [6.45, 7) is 3.92. The highest BCUT2D eigenvalue weighted by atomic mass is 16.2. The standard InChI is InChI=1S/C12H16N2O2/c1-8-3-4-10(9(2)7-8)14-12(16)6-5-11(13)15/h3-4,7H,5-6H2,1-2H3,(H2,13,15)(H,14,16). The molecule has 0 atom stereocenters. The van der Waals surface area contributed by atoms with E-state index in [1.165, 1.54) is 0 Å². The lowest BCUT2D eigenvalue weighted by molar-refractivity contribution is -0.122. The molecule has 0 heterocycles. The average molecular weight is 220 g/mol. The number of nitrogens with two attached hydrogens (primary N) is 1. The zero-order valence-electron chi connectivity index (χ0n) is 9.54. The van der Waals surface area contributed by atoms with Crippen molar-refractivity contribution in [2.24, 2.45) is 5.73 Å². The molecule has 0 aliphatic heterocycles. The van der Waals surface area contributed by atoms with Crippen LogP contribution in [0.15, 0.2) is 18.2 Å². The number of hydrogen-bond acceptors (Lipinski definition) is 2. The molecule has 16 heavy (non-hydrogen) atoms. The average Bonchev–Trinajstić information content (AvgIpc) is 2.19. The molecule has 0 saturated carbocycles. The van der Waals surface area contributed by atoms with Crippen molar-refractivity contribution in [2.45, 2.75) is 26.7 Å². The molecular formula is C12H16N2O2. The Morgan fingerprint density at radius 1 is 1.25 bits per heavy atom.